The fourth-order valence-electron chi connectivity index (χ4n) is 0.972. The van der Waals surface area contributed by atoms with Gasteiger partial charge < -0.3 is 5.11 Å². The zero-order chi connectivity index (χ0) is 11.6. The number of pyridine rings is 1. The van der Waals surface area contributed by atoms with Crippen molar-refractivity contribution in [3.63, 3.8) is 0 Å². The normalized spacial score (nSPS) is 10.7. The molecule has 3 nitrogen and oxygen atoms in total. The lowest BCUT2D eigenvalue weighted by atomic mass is 10.1. The van der Waals surface area contributed by atoms with Crippen LogP contribution in [0.3, 0.4) is 0 Å². The zero-order valence-corrected chi connectivity index (χ0v) is 8.76. The van der Waals surface area contributed by atoms with Crippen LogP contribution in [0.25, 0.3) is 0 Å². The van der Waals surface area contributed by atoms with Gasteiger partial charge in [-0.15, -0.1) is 0 Å². The third-order valence-corrected chi connectivity index (χ3v) is 2.17. The van der Waals surface area contributed by atoms with Crippen molar-refractivity contribution in [3.8, 4) is 0 Å². The van der Waals surface area contributed by atoms with Gasteiger partial charge in [0.1, 0.15) is 5.82 Å². The van der Waals surface area contributed by atoms with Gasteiger partial charge in [0.15, 0.2) is 5.69 Å². The number of hydrogen-bond donors (Lipinski definition) is 1. The van der Waals surface area contributed by atoms with E-state index in [-0.39, 0.29) is 11.0 Å². The summed E-state index contributed by atoms with van der Waals surface area (Å²) in [6.07, 6.45) is -3.07. The van der Waals surface area contributed by atoms with Gasteiger partial charge in [-0.2, -0.15) is 0 Å². The molecule has 1 aromatic heterocycles. The van der Waals surface area contributed by atoms with Crippen molar-refractivity contribution in [3.05, 3.63) is 28.8 Å². The number of halogens is 4. The minimum absolute atomic E-state index is 0.0391. The number of aromatic carboxylic acids is 1. The Bertz CT molecular complexity index is 398. The second kappa shape index (κ2) is 4.61. The monoisotopic (exact) mass is 283 g/mol. The maximum absolute atomic E-state index is 13.0. The van der Waals surface area contributed by atoms with E-state index < -0.39 is 29.5 Å². The van der Waals surface area contributed by atoms with Crippen LogP contribution in [0.15, 0.2) is 6.07 Å². The average Bonchev–Trinajstić information content (AvgIpc) is 2.16. The molecule has 0 aliphatic rings. The van der Waals surface area contributed by atoms with Crippen LogP contribution in [-0.4, -0.2) is 16.1 Å². The van der Waals surface area contributed by atoms with Gasteiger partial charge in [0.05, 0.1) is 11.3 Å². The van der Waals surface area contributed by atoms with Gasteiger partial charge in [-0.25, -0.2) is 22.9 Å². The highest BCUT2D eigenvalue weighted by atomic mass is 79.9. The SMILES string of the molecule is O=C(O)c1nc(CBr)c(F)cc1C(F)F. The lowest BCUT2D eigenvalue weighted by molar-refractivity contribution is 0.0676. The van der Waals surface area contributed by atoms with Crippen LogP contribution < -0.4 is 0 Å². The Morgan fingerprint density at radius 3 is 2.60 bits per heavy atom. The van der Waals surface area contributed by atoms with Gasteiger partial charge >= 0.3 is 5.97 Å². The van der Waals surface area contributed by atoms with Gasteiger partial charge in [-0.3, -0.25) is 0 Å². The number of carboxylic acid groups (broad SMARTS) is 1. The number of alkyl halides is 3. The molecule has 0 fully saturated rings. The number of rotatable bonds is 3. The van der Waals surface area contributed by atoms with Gasteiger partial charge in [-0.05, 0) is 6.07 Å². The summed E-state index contributed by atoms with van der Waals surface area (Å²) in [5, 5.41) is 8.55. The summed E-state index contributed by atoms with van der Waals surface area (Å²) >= 11 is 2.87. The first kappa shape index (κ1) is 12.0. The molecule has 0 aliphatic heterocycles. The highest BCUT2D eigenvalue weighted by Crippen LogP contribution is 2.24. The van der Waals surface area contributed by atoms with Crippen LogP contribution in [0.2, 0.25) is 0 Å². The lowest BCUT2D eigenvalue weighted by Gasteiger charge is -2.06. The van der Waals surface area contributed by atoms with Crippen molar-refractivity contribution in [1.82, 2.24) is 4.98 Å². The van der Waals surface area contributed by atoms with E-state index in [1.807, 2.05) is 0 Å². The predicted molar refractivity (Wildman–Crippen MR) is 48.7 cm³/mol. The summed E-state index contributed by atoms with van der Waals surface area (Å²) < 4.78 is 37.7. The number of carbonyl (C=O) groups is 1. The molecule has 1 heterocycles. The first-order valence-electron chi connectivity index (χ1n) is 3.74. The third-order valence-electron chi connectivity index (χ3n) is 1.64. The zero-order valence-electron chi connectivity index (χ0n) is 7.18. The molecule has 0 saturated heterocycles. The molecule has 82 valence electrons. The Labute approximate surface area is 91.1 Å². The third kappa shape index (κ3) is 2.47. The van der Waals surface area contributed by atoms with Crippen molar-refractivity contribution < 1.29 is 23.1 Å². The van der Waals surface area contributed by atoms with E-state index in [2.05, 4.69) is 20.9 Å². The Morgan fingerprint density at radius 2 is 2.20 bits per heavy atom. The van der Waals surface area contributed by atoms with E-state index >= 15 is 0 Å². The number of hydrogen-bond acceptors (Lipinski definition) is 2. The molecule has 15 heavy (non-hydrogen) atoms. The van der Waals surface area contributed by atoms with E-state index in [0.717, 1.165) is 0 Å². The van der Waals surface area contributed by atoms with E-state index in [1.165, 1.54) is 0 Å². The summed E-state index contributed by atoms with van der Waals surface area (Å²) in [6.45, 7) is 0. The van der Waals surface area contributed by atoms with Crippen molar-refractivity contribution in [2.24, 2.45) is 0 Å². The maximum Gasteiger partial charge on any atom is 0.355 e. The van der Waals surface area contributed by atoms with Gasteiger partial charge in [0.2, 0.25) is 0 Å². The topological polar surface area (TPSA) is 50.2 Å². The molecule has 0 spiro atoms. The van der Waals surface area contributed by atoms with Crippen molar-refractivity contribution in [2.75, 3.05) is 0 Å². The standard InChI is InChI=1S/C8H5BrF3NO2/c9-2-5-4(10)1-3(7(11)12)6(13-5)8(14)15/h1,7H,2H2,(H,14,15). The molecule has 1 N–H and O–H groups in total. The second-order valence-electron chi connectivity index (χ2n) is 2.59. The number of carboxylic acids is 1. The molecule has 0 unspecified atom stereocenters. The highest BCUT2D eigenvalue weighted by molar-refractivity contribution is 9.08. The molecule has 0 radical (unpaired) electrons. The first-order chi connectivity index (χ1) is 6.97. The number of aromatic nitrogens is 1. The Kier molecular flexibility index (Phi) is 3.67. The minimum atomic E-state index is -3.07. The molecule has 7 heteroatoms. The Morgan fingerprint density at radius 1 is 1.60 bits per heavy atom. The van der Waals surface area contributed by atoms with E-state index in [9.17, 15) is 18.0 Å². The fourth-order valence-corrected chi connectivity index (χ4v) is 1.37. The molecule has 0 bridgehead atoms. The summed E-state index contributed by atoms with van der Waals surface area (Å²) in [7, 11) is 0. The van der Waals surface area contributed by atoms with Crippen LogP contribution in [0.4, 0.5) is 13.2 Å². The average molecular weight is 284 g/mol. The molecule has 1 rings (SSSR count). The second-order valence-corrected chi connectivity index (χ2v) is 3.15. The van der Waals surface area contributed by atoms with E-state index in [4.69, 9.17) is 5.11 Å². The van der Waals surface area contributed by atoms with Crippen LogP contribution in [-0.2, 0) is 5.33 Å². The molecule has 0 atom stereocenters. The van der Waals surface area contributed by atoms with Crippen LogP contribution in [0, 0.1) is 5.82 Å². The van der Waals surface area contributed by atoms with Crippen LogP contribution in [0.1, 0.15) is 28.2 Å². The molecular formula is C8H5BrF3NO2. The highest BCUT2D eigenvalue weighted by Gasteiger charge is 2.22. The van der Waals surface area contributed by atoms with Crippen LogP contribution in [0.5, 0.6) is 0 Å². The summed E-state index contributed by atoms with van der Waals surface area (Å²) in [5.41, 5.74) is -1.94. The molecular weight excluding hydrogens is 279 g/mol. The van der Waals surface area contributed by atoms with E-state index in [0.29, 0.717) is 6.07 Å². The molecule has 1 aromatic rings. The summed E-state index contributed by atoms with van der Waals surface area (Å²) in [5.74, 6) is -2.56. The smallest absolute Gasteiger partial charge is 0.355 e. The largest absolute Gasteiger partial charge is 0.476 e. The molecule has 0 aliphatic carbocycles. The Hall–Kier alpha value is -1.11. The van der Waals surface area contributed by atoms with Gasteiger partial charge in [0.25, 0.3) is 6.43 Å². The van der Waals surface area contributed by atoms with Gasteiger partial charge in [0, 0.05) is 5.33 Å². The minimum Gasteiger partial charge on any atom is -0.476 e. The Balaban J connectivity index is 3.39. The summed E-state index contributed by atoms with van der Waals surface area (Å²) in [4.78, 5) is 13.9. The first-order valence-corrected chi connectivity index (χ1v) is 4.86. The molecule has 0 amide bonds. The van der Waals surface area contributed by atoms with Gasteiger partial charge in [-0.1, -0.05) is 15.9 Å². The fraction of sp³-hybridized carbons (Fsp3) is 0.250. The van der Waals surface area contributed by atoms with Crippen molar-refractivity contribution >= 4 is 21.9 Å². The lowest BCUT2D eigenvalue weighted by Crippen LogP contribution is -2.09. The van der Waals surface area contributed by atoms with Crippen LogP contribution >= 0.6 is 15.9 Å². The summed E-state index contributed by atoms with van der Waals surface area (Å²) in [6, 6.07) is 0.498. The maximum atomic E-state index is 13.0. The quantitative estimate of drug-likeness (QED) is 0.868. The predicted octanol–water partition coefficient (Wildman–Crippen LogP) is 2.75. The molecule has 0 aromatic carbocycles. The van der Waals surface area contributed by atoms with Crippen molar-refractivity contribution in [2.45, 2.75) is 11.8 Å². The van der Waals surface area contributed by atoms with Crippen molar-refractivity contribution in [1.29, 1.82) is 0 Å². The molecule has 0 saturated carbocycles. The number of nitrogens with zero attached hydrogens (tertiary/aromatic N) is 1. The van der Waals surface area contributed by atoms with E-state index in [1.54, 1.807) is 0 Å².